The zero-order valence-corrected chi connectivity index (χ0v) is 22.2. The smallest absolute Gasteiger partial charge is 0.195 e. The molecule has 5 atom stereocenters. The molecule has 3 rings (SSSR count). The molecule has 1 aliphatic rings. The summed E-state index contributed by atoms with van der Waals surface area (Å²) in [7, 11) is -2.30. The quantitative estimate of drug-likeness (QED) is 0.199. The Morgan fingerprint density at radius 3 is 1.91 bits per heavy atom. The van der Waals surface area contributed by atoms with E-state index in [0.717, 1.165) is 11.1 Å². The molecule has 1 heterocycles. The number of nitrogens with zero attached hydrogens (tertiary/aromatic N) is 3. The van der Waals surface area contributed by atoms with Crippen molar-refractivity contribution in [2.45, 2.75) is 82.8 Å². The van der Waals surface area contributed by atoms with Crippen molar-refractivity contribution in [1.29, 1.82) is 0 Å². The summed E-state index contributed by atoms with van der Waals surface area (Å²) in [4.78, 5) is 3.09. The highest BCUT2D eigenvalue weighted by Gasteiger charge is 2.50. The van der Waals surface area contributed by atoms with E-state index >= 15 is 0 Å². The summed E-state index contributed by atoms with van der Waals surface area (Å²) in [6.45, 7) is 10.9. The summed E-state index contributed by atoms with van der Waals surface area (Å²) in [6, 6.07) is 18.7. The van der Waals surface area contributed by atoms with Crippen molar-refractivity contribution in [2.75, 3.05) is 6.61 Å². The Kier molecular flexibility index (Phi) is 9.49. The molecular weight excluding hydrogens is 462 g/mol. The zero-order chi connectivity index (χ0) is 25.5. The second-order valence-electron chi connectivity index (χ2n) is 10.3. The fourth-order valence-electron chi connectivity index (χ4n) is 3.71. The molecule has 0 bridgehead atoms. The summed E-state index contributed by atoms with van der Waals surface area (Å²) in [5.74, 6) is 0. The van der Waals surface area contributed by atoms with E-state index in [1.54, 1.807) is 0 Å². The predicted octanol–water partition coefficient (Wildman–Crippen LogP) is 5.58. The van der Waals surface area contributed by atoms with Gasteiger partial charge in [-0.3, -0.25) is 0 Å². The lowest BCUT2D eigenvalue weighted by molar-refractivity contribution is -0.265. The van der Waals surface area contributed by atoms with E-state index in [2.05, 4.69) is 43.9 Å². The monoisotopic (exact) mass is 499 g/mol. The Hall–Kier alpha value is -2.23. The number of benzene rings is 2. The first-order chi connectivity index (χ1) is 16.7. The number of aliphatic hydroxyl groups is 1. The van der Waals surface area contributed by atoms with E-state index in [-0.39, 0.29) is 11.6 Å². The highest BCUT2D eigenvalue weighted by atomic mass is 28.4. The number of hydrogen-bond donors (Lipinski definition) is 1. The van der Waals surface area contributed by atoms with Gasteiger partial charge in [0.25, 0.3) is 0 Å². The Bertz CT molecular complexity index is 964. The normalized spacial score (nSPS) is 25.1. The highest BCUT2D eigenvalue weighted by Crippen LogP contribution is 2.40. The highest BCUT2D eigenvalue weighted by molar-refractivity contribution is 6.74. The van der Waals surface area contributed by atoms with Crippen molar-refractivity contribution in [2.24, 2.45) is 5.11 Å². The minimum Gasteiger partial charge on any atom is -0.394 e. The number of rotatable bonds is 10. The summed E-state index contributed by atoms with van der Waals surface area (Å²) >= 11 is 0. The first-order valence-corrected chi connectivity index (χ1v) is 14.9. The van der Waals surface area contributed by atoms with Crippen molar-refractivity contribution in [1.82, 2.24) is 0 Å². The molecule has 190 valence electrons. The van der Waals surface area contributed by atoms with Gasteiger partial charge in [0.05, 0.1) is 19.8 Å². The molecule has 1 N–H and O–H groups in total. The van der Waals surface area contributed by atoms with Gasteiger partial charge in [-0.05, 0) is 34.8 Å². The van der Waals surface area contributed by atoms with Crippen LogP contribution in [-0.4, -0.2) is 50.7 Å². The maximum Gasteiger partial charge on any atom is 0.195 e. The summed E-state index contributed by atoms with van der Waals surface area (Å²) in [5, 5.41) is 14.2. The van der Waals surface area contributed by atoms with E-state index in [0.29, 0.717) is 13.2 Å². The fourth-order valence-corrected chi connectivity index (χ4v) is 4.84. The Balaban J connectivity index is 1.91. The average molecular weight is 500 g/mol. The van der Waals surface area contributed by atoms with Gasteiger partial charge in [-0.25, -0.2) is 0 Å². The molecule has 1 fully saturated rings. The molecule has 2 aromatic carbocycles. The SMILES string of the molecule is CC(C)(C)[Si](C)(C)O[C@@H]1O[C@H](CO)[C@@H](OCc2ccccc2)[C@H](OCc2ccccc2)[C@H]1N=[N+]=[N-]. The molecule has 0 unspecified atom stereocenters. The van der Waals surface area contributed by atoms with Gasteiger partial charge in [-0.15, -0.1) is 0 Å². The van der Waals surface area contributed by atoms with Gasteiger partial charge in [-0.2, -0.15) is 0 Å². The van der Waals surface area contributed by atoms with Crippen LogP contribution >= 0.6 is 0 Å². The molecular formula is C26H37N3O5Si. The molecule has 35 heavy (non-hydrogen) atoms. The number of hydrogen-bond acceptors (Lipinski definition) is 6. The number of azide groups is 1. The molecule has 1 saturated heterocycles. The van der Waals surface area contributed by atoms with Gasteiger partial charge in [0, 0.05) is 4.91 Å². The van der Waals surface area contributed by atoms with E-state index < -0.39 is 39.0 Å². The first kappa shape index (κ1) is 27.4. The molecule has 0 aromatic heterocycles. The van der Waals surface area contributed by atoms with Crippen LogP contribution in [0.1, 0.15) is 31.9 Å². The van der Waals surface area contributed by atoms with E-state index in [4.69, 9.17) is 18.6 Å². The molecule has 0 amide bonds. The van der Waals surface area contributed by atoms with Crippen LogP contribution in [0.25, 0.3) is 10.4 Å². The standard InChI is InChI=1S/C26H37N3O5Si/c1-26(2,3)35(4,5)34-25-22(28-29-27)24(32-18-20-14-10-7-11-15-20)23(21(16-30)33-25)31-17-19-12-8-6-9-13-19/h6-15,21-25,30H,16-18H2,1-5H3/t21-,22-,23-,24-,25+/m1/s1. The molecule has 0 aliphatic carbocycles. The minimum atomic E-state index is -2.30. The molecule has 9 heteroatoms. The Morgan fingerprint density at radius 1 is 0.943 bits per heavy atom. The topological polar surface area (TPSA) is 106 Å². The Morgan fingerprint density at radius 2 is 1.46 bits per heavy atom. The zero-order valence-electron chi connectivity index (χ0n) is 21.2. The van der Waals surface area contributed by atoms with Gasteiger partial charge in [0.1, 0.15) is 24.4 Å². The Labute approximate surface area is 208 Å². The van der Waals surface area contributed by atoms with Crippen LogP contribution in [0.4, 0.5) is 0 Å². The number of ether oxygens (including phenoxy) is 3. The van der Waals surface area contributed by atoms with Crippen LogP contribution in [0, 0.1) is 0 Å². The van der Waals surface area contributed by atoms with Crippen LogP contribution in [0.5, 0.6) is 0 Å². The number of aliphatic hydroxyl groups excluding tert-OH is 1. The maximum atomic E-state index is 10.2. The van der Waals surface area contributed by atoms with Gasteiger partial charge in [0.15, 0.2) is 14.6 Å². The second kappa shape index (κ2) is 12.1. The average Bonchev–Trinajstić information content (AvgIpc) is 2.83. The summed E-state index contributed by atoms with van der Waals surface area (Å²) in [5.41, 5.74) is 11.4. The van der Waals surface area contributed by atoms with Crippen molar-refractivity contribution in [3.05, 3.63) is 82.2 Å². The molecule has 0 spiro atoms. The van der Waals surface area contributed by atoms with Crippen LogP contribution < -0.4 is 0 Å². The van der Waals surface area contributed by atoms with Crippen LogP contribution in [0.2, 0.25) is 18.1 Å². The lowest BCUT2D eigenvalue weighted by Gasteiger charge is -2.48. The minimum absolute atomic E-state index is 0.0902. The third kappa shape index (κ3) is 7.14. The van der Waals surface area contributed by atoms with Crippen molar-refractivity contribution in [3.63, 3.8) is 0 Å². The van der Waals surface area contributed by atoms with Gasteiger partial charge >= 0.3 is 0 Å². The van der Waals surface area contributed by atoms with Crippen molar-refractivity contribution < 1.29 is 23.7 Å². The fraction of sp³-hybridized carbons (Fsp3) is 0.538. The van der Waals surface area contributed by atoms with Gasteiger partial charge in [0.2, 0.25) is 0 Å². The third-order valence-electron chi connectivity index (χ3n) is 6.77. The van der Waals surface area contributed by atoms with E-state index in [1.807, 2.05) is 60.7 Å². The van der Waals surface area contributed by atoms with Crippen molar-refractivity contribution in [3.8, 4) is 0 Å². The van der Waals surface area contributed by atoms with Gasteiger partial charge in [-0.1, -0.05) is 86.5 Å². The second-order valence-corrected chi connectivity index (χ2v) is 15.1. The largest absolute Gasteiger partial charge is 0.394 e. The van der Waals surface area contributed by atoms with E-state index in [9.17, 15) is 10.6 Å². The lowest BCUT2D eigenvalue weighted by atomic mass is 9.97. The van der Waals surface area contributed by atoms with E-state index in [1.165, 1.54) is 0 Å². The van der Waals surface area contributed by atoms with Gasteiger partial charge < -0.3 is 23.7 Å². The summed E-state index contributed by atoms with van der Waals surface area (Å²) in [6.07, 6.45) is -2.92. The first-order valence-electron chi connectivity index (χ1n) is 12.0. The molecule has 0 saturated carbocycles. The summed E-state index contributed by atoms with van der Waals surface area (Å²) < 4.78 is 25.4. The van der Waals surface area contributed by atoms with Crippen LogP contribution in [-0.2, 0) is 31.9 Å². The molecule has 0 radical (unpaired) electrons. The van der Waals surface area contributed by atoms with Crippen molar-refractivity contribution >= 4 is 8.32 Å². The predicted molar refractivity (Wildman–Crippen MR) is 137 cm³/mol. The lowest BCUT2D eigenvalue weighted by Crippen LogP contribution is -2.62. The molecule has 1 aliphatic heterocycles. The van der Waals surface area contributed by atoms with Crippen LogP contribution in [0.15, 0.2) is 65.8 Å². The van der Waals surface area contributed by atoms with Crippen LogP contribution in [0.3, 0.4) is 0 Å². The molecule has 8 nitrogen and oxygen atoms in total. The molecule has 2 aromatic rings. The third-order valence-corrected chi connectivity index (χ3v) is 11.2. The maximum absolute atomic E-state index is 10.2.